The van der Waals surface area contributed by atoms with E-state index in [1.165, 1.54) is 0 Å². The standard InChI is InChI=1S/C20H17BrN2O4/c21-15-5-7-16(8-6-15)23-19(24)13-27-18-4-2-1-3-17(18)20(25)22-11-14-9-10-26-12-14/h1-10,12H,11,13H2,(H,22,25)(H,23,24). The summed E-state index contributed by atoms with van der Waals surface area (Å²) in [7, 11) is 0. The first-order valence-corrected chi connectivity index (χ1v) is 8.97. The van der Waals surface area contributed by atoms with Crippen LogP contribution in [-0.4, -0.2) is 18.4 Å². The fraction of sp³-hybridized carbons (Fsp3) is 0.100. The molecule has 138 valence electrons. The van der Waals surface area contributed by atoms with Gasteiger partial charge in [0.2, 0.25) is 0 Å². The van der Waals surface area contributed by atoms with Crippen LogP contribution < -0.4 is 15.4 Å². The van der Waals surface area contributed by atoms with Gasteiger partial charge in [0, 0.05) is 22.3 Å². The second-order valence-electron chi connectivity index (χ2n) is 5.65. The minimum Gasteiger partial charge on any atom is -0.483 e. The van der Waals surface area contributed by atoms with Gasteiger partial charge in [0.25, 0.3) is 11.8 Å². The maximum absolute atomic E-state index is 12.4. The van der Waals surface area contributed by atoms with Crippen molar-refractivity contribution in [2.24, 2.45) is 0 Å². The van der Waals surface area contributed by atoms with E-state index in [9.17, 15) is 9.59 Å². The number of anilines is 1. The number of halogens is 1. The van der Waals surface area contributed by atoms with Crippen molar-refractivity contribution in [3.05, 3.63) is 82.7 Å². The number of furan rings is 1. The minimum atomic E-state index is -0.314. The van der Waals surface area contributed by atoms with E-state index in [1.54, 1.807) is 55.0 Å². The summed E-state index contributed by atoms with van der Waals surface area (Å²) >= 11 is 3.34. The summed E-state index contributed by atoms with van der Waals surface area (Å²) in [4.78, 5) is 24.5. The van der Waals surface area contributed by atoms with Gasteiger partial charge in [0.05, 0.1) is 18.1 Å². The fourth-order valence-corrected chi connectivity index (χ4v) is 2.59. The third-order valence-electron chi connectivity index (χ3n) is 3.65. The second kappa shape index (κ2) is 9.05. The Bertz CT molecular complexity index is 908. The highest BCUT2D eigenvalue weighted by Crippen LogP contribution is 2.18. The average molecular weight is 429 g/mol. The lowest BCUT2D eigenvalue weighted by molar-refractivity contribution is -0.118. The summed E-state index contributed by atoms with van der Waals surface area (Å²) in [6.07, 6.45) is 3.11. The number of benzene rings is 2. The number of amides is 2. The highest BCUT2D eigenvalue weighted by atomic mass is 79.9. The van der Waals surface area contributed by atoms with Gasteiger partial charge in [-0.05, 0) is 42.5 Å². The van der Waals surface area contributed by atoms with Crippen LogP contribution in [0.15, 0.2) is 76.0 Å². The fourth-order valence-electron chi connectivity index (χ4n) is 2.32. The quantitative estimate of drug-likeness (QED) is 0.595. The largest absolute Gasteiger partial charge is 0.483 e. The van der Waals surface area contributed by atoms with E-state index >= 15 is 0 Å². The Morgan fingerprint density at radius 1 is 1.04 bits per heavy atom. The van der Waals surface area contributed by atoms with Gasteiger partial charge in [0.1, 0.15) is 5.75 Å². The third kappa shape index (κ3) is 5.46. The zero-order valence-corrected chi connectivity index (χ0v) is 15.9. The average Bonchev–Trinajstić information content (AvgIpc) is 3.20. The Labute approximate surface area is 164 Å². The zero-order valence-electron chi connectivity index (χ0n) is 14.3. The first-order chi connectivity index (χ1) is 13.1. The van der Waals surface area contributed by atoms with Gasteiger partial charge in [-0.3, -0.25) is 9.59 Å². The number of carbonyl (C=O) groups is 2. The highest BCUT2D eigenvalue weighted by Gasteiger charge is 2.13. The normalized spacial score (nSPS) is 10.3. The Kier molecular flexibility index (Phi) is 6.27. The molecule has 0 bridgehead atoms. The van der Waals surface area contributed by atoms with Gasteiger partial charge in [-0.1, -0.05) is 28.1 Å². The Morgan fingerprint density at radius 2 is 1.81 bits per heavy atom. The number of rotatable bonds is 7. The highest BCUT2D eigenvalue weighted by molar-refractivity contribution is 9.10. The molecule has 0 aliphatic rings. The maximum Gasteiger partial charge on any atom is 0.262 e. The van der Waals surface area contributed by atoms with Gasteiger partial charge < -0.3 is 19.8 Å². The molecular formula is C20H17BrN2O4. The van der Waals surface area contributed by atoms with Crippen LogP contribution in [0.1, 0.15) is 15.9 Å². The maximum atomic E-state index is 12.4. The van der Waals surface area contributed by atoms with Crippen LogP contribution >= 0.6 is 15.9 Å². The monoisotopic (exact) mass is 428 g/mol. The minimum absolute atomic E-state index is 0.206. The van der Waals surface area contributed by atoms with E-state index in [4.69, 9.17) is 9.15 Å². The van der Waals surface area contributed by atoms with Crippen LogP contribution in [0.3, 0.4) is 0 Å². The number of para-hydroxylation sites is 1. The molecule has 0 aliphatic carbocycles. The van der Waals surface area contributed by atoms with Crippen molar-refractivity contribution in [1.82, 2.24) is 5.32 Å². The van der Waals surface area contributed by atoms with Crippen LogP contribution in [0.5, 0.6) is 5.75 Å². The molecule has 0 aliphatic heterocycles. The van der Waals surface area contributed by atoms with E-state index in [2.05, 4.69) is 26.6 Å². The second-order valence-corrected chi connectivity index (χ2v) is 6.57. The molecule has 2 aromatic carbocycles. The first-order valence-electron chi connectivity index (χ1n) is 8.18. The summed E-state index contributed by atoms with van der Waals surface area (Å²) < 4.78 is 11.4. The summed E-state index contributed by atoms with van der Waals surface area (Å²) in [6.45, 7) is 0.135. The van der Waals surface area contributed by atoms with E-state index in [-0.39, 0.29) is 18.4 Å². The Hall–Kier alpha value is -3.06. The van der Waals surface area contributed by atoms with Crippen LogP contribution in [0.4, 0.5) is 5.69 Å². The van der Waals surface area contributed by atoms with Crippen molar-refractivity contribution in [2.45, 2.75) is 6.54 Å². The van der Waals surface area contributed by atoms with Gasteiger partial charge in [0.15, 0.2) is 6.61 Å². The van der Waals surface area contributed by atoms with Crippen LogP contribution in [-0.2, 0) is 11.3 Å². The van der Waals surface area contributed by atoms with Crippen molar-refractivity contribution in [1.29, 1.82) is 0 Å². The van der Waals surface area contributed by atoms with Crippen molar-refractivity contribution in [3.8, 4) is 5.75 Å². The predicted molar refractivity (Wildman–Crippen MR) is 105 cm³/mol. The molecule has 0 spiro atoms. The molecule has 6 nitrogen and oxygen atoms in total. The number of nitrogens with one attached hydrogen (secondary N) is 2. The van der Waals surface area contributed by atoms with Crippen molar-refractivity contribution in [3.63, 3.8) is 0 Å². The topological polar surface area (TPSA) is 80.6 Å². The molecule has 0 radical (unpaired) electrons. The molecule has 2 N–H and O–H groups in total. The lowest BCUT2D eigenvalue weighted by atomic mass is 10.2. The molecular weight excluding hydrogens is 412 g/mol. The van der Waals surface area contributed by atoms with Gasteiger partial charge in [-0.2, -0.15) is 0 Å². The summed E-state index contributed by atoms with van der Waals surface area (Å²) in [5, 5.41) is 5.53. The van der Waals surface area contributed by atoms with Crippen molar-refractivity contribution in [2.75, 3.05) is 11.9 Å². The van der Waals surface area contributed by atoms with E-state index < -0.39 is 0 Å². The molecule has 0 unspecified atom stereocenters. The third-order valence-corrected chi connectivity index (χ3v) is 4.18. The van der Waals surface area contributed by atoms with Crippen LogP contribution in [0.25, 0.3) is 0 Å². The first kappa shape index (κ1) is 18.7. The molecule has 1 aromatic heterocycles. The Balaban J connectivity index is 1.57. The molecule has 1 heterocycles. The number of hydrogen-bond donors (Lipinski definition) is 2. The van der Waals surface area contributed by atoms with Crippen molar-refractivity contribution < 1.29 is 18.7 Å². The molecule has 3 rings (SSSR count). The SMILES string of the molecule is O=C(COc1ccccc1C(=O)NCc1ccoc1)Nc1ccc(Br)cc1. The molecule has 0 saturated heterocycles. The van der Waals surface area contributed by atoms with E-state index in [1.807, 2.05) is 12.1 Å². The number of hydrogen-bond acceptors (Lipinski definition) is 4. The number of carbonyl (C=O) groups excluding carboxylic acids is 2. The molecule has 0 saturated carbocycles. The molecule has 0 atom stereocenters. The molecule has 2 amide bonds. The van der Waals surface area contributed by atoms with Crippen LogP contribution in [0.2, 0.25) is 0 Å². The summed E-state index contributed by atoms with van der Waals surface area (Å²) in [5.74, 6) is -0.265. The van der Waals surface area contributed by atoms with E-state index in [0.29, 0.717) is 23.5 Å². The van der Waals surface area contributed by atoms with Gasteiger partial charge in [-0.25, -0.2) is 0 Å². The summed E-state index contributed by atoms with van der Waals surface area (Å²) in [6, 6.07) is 15.8. The van der Waals surface area contributed by atoms with Gasteiger partial charge >= 0.3 is 0 Å². The van der Waals surface area contributed by atoms with Crippen LogP contribution in [0, 0.1) is 0 Å². The molecule has 0 fully saturated rings. The lowest BCUT2D eigenvalue weighted by Crippen LogP contribution is -2.25. The number of ether oxygens (including phenoxy) is 1. The summed E-state index contributed by atoms with van der Waals surface area (Å²) in [5.41, 5.74) is 1.88. The predicted octanol–water partition coefficient (Wildman–Crippen LogP) is 3.99. The zero-order chi connectivity index (χ0) is 19.1. The van der Waals surface area contributed by atoms with Crippen molar-refractivity contribution >= 4 is 33.4 Å². The van der Waals surface area contributed by atoms with E-state index in [0.717, 1.165) is 10.0 Å². The molecule has 3 aromatic rings. The molecule has 27 heavy (non-hydrogen) atoms. The van der Waals surface area contributed by atoms with Gasteiger partial charge in [-0.15, -0.1) is 0 Å². The lowest BCUT2D eigenvalue weighted by Gasteiger charge is -2.11. The smallest absolute Gasteiger partial charge is 0.262 e. The Morgan fingerprint density at radius 3 is 2.56 bits per heavy atom. The molecule has 7 heteroatoms.